The lowest BCUT2D eigenvalue weighted by Gasteiger charge is -2.21. The van der Waals surface area contributed by atoms with Gasteiger partial charge in [0, 0.05) is 5.56 Å². The van der Waals surface area contributed by atoms with Gasteiger partial charge in [-0.3, -0.25) is 15.6 Å². The van der Waals surface area contributed by atoms with E-state index in [2.05, 4.69) is 16.2 Å². The Kier molecular flexibility index (Phi) is 2.42. The molecule has 4 heteroatoms. The predicted molar refractivity (Wildman–Crippen MR) is 69.2 cm³/mol. The molecule has 1 aromatic heterocycles. The lowest BCUT2D eigenvalue weighted by atomic mass is 10.0. The Hall–Kier alpha value is -2.07. The summed E-state index contributed by atoms with van der Waals surface area (Å²) in [4.78, 5) is 11.6. The predicted octanol–water partition coefficient (Wildman–Crippen LogP) is 2.49. The van der Waals surface area contributed by atoms with Gasteiger partial charge in [0.1, 0.15) is 0 Å². The zero-order chi connectivity index (χ0) is 11.7. The number of hydrazine groups is 1. The number of fused-ring (bicyclic) bond motifs is 1. The summed E-state index contributed by atoms with van der Waals surface area (Å²) in [7, 11) is 0. The van der Waals surface area contributed by atoms with Gasteiger partial charge in [-0.2, -0.15) is 11.3 Å². The second-order valence-corrected chi connectivity index (χ2v) is 4.52. The fraction of sp³-hybridized carbons (Fsp3) is 0. The fourth-order valence-corrected chi connectivity index (χ4v) is 2.43. The van der Waals surface area contributed by atoms with Crippen molar-refractivity contribution in [2.75, 3.05) is 0 Å². The quantitative estimate of drug-likeness (QED) is 0.806. The van der Waals surface area contributed by atoms with Gasteiger partial charge in [0.25, 0.3) is 5.91 Å². The Morgan fingerprint density at radius 2 is 1.88 bits per heavy atom. The molecule has 1 aromatic carbocycles. The molecule has 3 rings (SSSR count). The molecule has 2 N–H and O–H groups in total. The van der Waals surface area contributed by atoms with Crippen molar-refractivity contribution in [3.63, 3.8) is 0 Å². The molecule has 0 atom stereocenters. The monoisotopic (exact) mass is 242 g/mol. The molecule has 2 aromatic rings. The molecule has 3 nitrogen and oxygen atoms in total. The van der Waals surface area contributed by atoms with E-state index in [-0.39, 0.29) is 5.91 Å². The number of carbonyl (C=O) groups is 1. The van der Waals surface area contributed by atoms with Crippen LogP contribution in [0.5, 0.6) is 0 Å². The smallest absolute Gasteiger partial charge is 0.270 e. The molecule has 0 unspecified atom stereocenters. The first-order chi connectivity index (χ1) is 8.34. The van der Waals surface area contributed by atoms with Crippen LogP contribution in [0.4, 0.5) is 0 Å². The van der Waals surface area contributed by atoms with Gasteiger partial charge in [-0.25, -0.2) is 0 Å². The summed E-state index contributed by atoms with van der Waals surface area (Å²) in [6.07, 6.45) is 2.02. The lowest BCUT2D eigenvalue weighted by molar-refractivity contribution is 0.0937. The van der Waals surface area contributed by atoms with E-state index in [0.29, 0.717) is 5.56 Å². The third-order valence-electron chi connectivity index (χ3n) is 2.63. The number of rotatable bonds is 1. The highest BCUT2D eigenvalue weighted by molar-refractivity contribution is 7.08. The molecule has 0 fully saturated rings. The van der Waals surface area contributed by atoms with Crippen molar-refractivity contribution in [3.8, 4) is 0 Å². The van der Waals surface area contributed by atoms with Crippen molar-refractivity contribution in [3.05, 3.63) is 57.8 Å². The van der Waals surface area contributed by atoms with Crippen LogP contribution < -0.4 is 10.9 Å². The Morgan fingerprint density at radius 3 is 2.65 bits per heavy atom. The Labute approximate surface area is 103 Å². The maximum absolute atomic E-state index is 11.6. The minimum absolute atomic E-state index is 0.0944. The average molecular weight is 242 g/mol. The van der Waals surface area contributed by atoms with Crippen molar-refractivity contribution < 1.29 is 4.79 Å². The zero-order valence-electron chi connectivity index (χ0n) is 8.94. The maximum Gasteiger partial charge on any atom is 0.270 e. The number of hydrogen-bond donors (Lipinski definition) is 2. The van der Waals surface area contributed by atoms with Gasteiger partial charge in [0.2, 0.25) is 0 Å². The number of carbonyl (C=O) groups excluding carboxylic acids is 1. The molecule has 0 aliphatic carbocycles. The Bertz CT molecular complexity index is 587. The van der Waals surface area contributed by atoms with Gasteiger partial charge in [-0.1, -0.05) is 18.2 Å². The summed E-state index contributed by atoms with van der Waals surface area (Å²) >= 11 is 1.65. The van der Waals surface area contributed by atoms with E-state index in [1.165, 1.54) is 0 Å². The van der Waals surface area contributed by atoms with Crippen molar-refractivity contribution in [1.29, 1.82) is 0 Å². The standard InChI is InChI=1S/C13H10N2OS/c16-13-11-4-2-1-3-10(11)12(14-15-13)7-9-5-6-17-8-9/h1-8,14H,(H,15,16)/b12-7-. The summed E-state index contributed by atoms with van der Waals surface area (Å²) in [5.74, 6) is -0.0944. The molecule has 0 spiro atoms. The van der Waals surface area contributed by atoms with E-state index in [1.54, 1.807) is 11.3 Å². The second-order valence-electron chi connectivity index (χ2n) is 3.74. The number of hydrogen-bond acceptors (Lipinski definition) is 3. The molecule has 1 aliphatic rings. The first-order valence-corrected chi connectivity index (χ1v) is 6.18. The van der Waals surface area contributed by atoms with Crippen molar-refractivity contribution in [1.82, 2.24) is 10.9 Å². The highest BCUT2D eigenvalue weighted by atomic mass is 32.1. The maximum atomic E-state index is 11.6. The third-order valence-corrected chi connectivity index (χ3v) is 3.33. The van der Waals surface area contributed by atoms with Crippen LogP contribution in [0.3, 0.4) is 0 Å². The normalized spacial score (nSPS) is 16.2. The fourth-order valence-electron chi connectivity index (χ4n) is 1.81. The largest absolute Gasteiger partial charge is 0.298 e. The molecule has 1 aliphatic heterocycles. The topological polar surface area (TPSA) is 41.1 Å². The second kappa shape index (κ2) is 4.07. The SMILES string of the molecule is O=C1NN/C(=C\c2ccsc2)c2ccccc21. The minimum atomic E-state index is -0.0944. The van der Waals surface area contributed by atoms with Crippen LogP contribution >= 0.6 is 11.3 Å². The molecule has 84 valence electrons. The molecule has 0 radical (unpaired) electrons. The van der Waals surface area contributed by atoms with Gasteiger partial charge in [0.05, 0.1) is 11.3 Å². The highest BCUT2D eigenvalue weighted by Crippen LogP contribution is 2.22. The summed E-state index contributed by atoms with van der Waals surface area (Å²) in [5, 5.41) is 4.09. The van der Waals surface area contributed by atoms with Crippen molar-refractivity contribution in [2.45, 2.75) is 0 Å². The lowest BCUT2D eigenvalue weighted by Crippen LogP contribution is -2.40. The van der Waals surface area contributed by atoms with Crippen molar-refractivity contribution in [2.24, 2.45) is 0 Å². The van der Waals surface area contributed by atoms with Gasteiger partial charge in [-0.15, -0.1) is 0 Å². The molecular formula is C13H10N2OS. The van der Waals surface area contributed by atoms with E-state index >= 15 is 0 Å². The number of benzene rings is 1. The van der Waals surface area contributed by atoms with Crippen LogP contribution in [-0.2, 0) is 0 Å². The molecular weight excluding hydrogens is 232 g/mol. The van der Waals surface area contributed by atoms with Crippen LogP contribution in [0.25, 0.3) is 11.8 Å². The van der Waals surface area contributed by atoms with Crippen LogP contribution in [0.15, 0.2) is 41.1 Å². The number of thiophene rings is 1. The summed E-state index contributed by atoms with van der Waals surface area (Å²) in [6.45, 7) is 0. The van der Waals surface area contributed by atoms with Gasteiger partial charge < -0.3 is 0 Å². The summed E-state index contributed by atoms with van der Waals surface area (Å²) < 4.78 is 0. The Morgan fingerprint density at radius 1 is 1.06 bits per heavy atom. The molecule has 0 saturated heterocycles. The summed E-state index contributed by atoms with van der Waals surface area (Å²) in [6, 6.07) is 9.61. The third kappa shape index (κ3) is 1.83. The van der Waals surface area contributed by atoms with Crippen LogP contribution in [0.1, 0.15) is 21.5 Å². The summed E-state index contributed by atoms with van der Waals surface area (Å²) in [5.41, 5.74) is 9.25. The zero-order valence-corrected chi connectivity index (χ0v) is 9.75. The number of amides is 1. The average Bonchev–Trinajstić information content (AvgIpc) is 2.86. The van der Waals surface area contributed by atoms with Crippen LogP contribution in [0.2, 0.25) is 0 Å². The van der Waals surface area contributed by atoms with E-state index in [4.69, 9.17) is 0 Å². The molecule has 17 heavy (non-hydrogen) atoms. The van der Waals surface area contributed by atoms with E-state index in [9.17, 15) is 4.79 Å². The van der Waals surface area contributed by atoms with E-state index < -0.39 is 0 Å². The number of nitrogens with one attached hydrogen (secondary N) is 2. The van der Waals surface area contributed by atoms with E-state index in [0.717, 1.165) is 16.8 Å². The van der Waals surface area contributed by atoms with Gasteiger partial charge in [0.15, 0.2) is 0 Å². The van der Waals surface area contributed by atoms with Gasteiger partial charge in [-0.05, 0) is 34.5 Å². The molecule has 0 saturated carbocycles. The van der Waals surface area contributed by atoms with Crippen LogP contribution in [-0.4, -0.2) is 5.91 Å². The van der Waals surface area contributed by atoms with E-state index in [1.807, 2.05) is 41.8 Å². The molecule has 0 bridgehead atoms. The van der Waals surface area contributed by atoms with Crippen LogP contribution in [0, 0.1) is 0 Å². The van der Waals surface area contributed by atoms with Crippen molar-refractivity contribution >= 4 is 29.0 Å². The van der Waals surface area contributed by atoms with Gasteiger partial charge >= 0.3 is 0 Å². The molecule has 1 amide bonds. The first kappa shape index (κ1) is 10.1. The molecule has 2 heterocycles. The first-order valence-electron chi connectivity index (χ1n) is 5.24. The highest BCUT2D eigenvalue weighted by Gasteiger charge is 2.18. The minimum Gasteiger partial charge on any atom is -0.298 e. The Balaban J connectivity index is 2.10.